The number of rotatable bonds is 9. The molecule has 2 rings (SSSR count). The highest BCUT2D eigenvalue weighted by molar-refractivity contribution is 8.01. The van der Waals surface area contributed by atoms with E-state index in [9.17, 15) is 4.79 Å². The highest BCUT2D eigenvalue weighted by Crippen LogP contribution is 2.45. The summed E-state index contributed by atoms with van der Waals surface area (Å²) in [6.07, 6.45) is 5.68. The molecule has 0 aliphatic carbocycles. The molecule has 1 aromatic heterocycles. The summed E-state index contributed by atoms with van der Waals surface area (Å²) >= 11 is 1.78. The number of nitrogens with zero attached hydrogens (tertiary/aromatic N) is 3. The van der Waals surface area contributed by atoms with E-state index in [1.807, 2.05) is 31.3 Å². The van der Waals surface area contributed by atoms with Gasteiger partial charge in [0.2, 0.25) is 5.91 Å². The van der Waals surface area contributed by atoms with Crippen molar-refractivity contribution in [3.63, 3.8) is 0 Å². The predicted molar refractivity (Wildman–Crippen MR) is 121 cm³/mol. The summed E-state index contributed by atoms with van der Waals surface area (Å²) in [6.45, 7) is 12.8. The van der Waals surface area contributed by atoms with Crippen LogP contribution in [0.3, 0.4) is 0 Å². The molecular weight excluding hydrogens is 386 g/mol. The molecule has 2 heterocycles. The van der Waals surface area contributed by atoms with Crippen molar-refractivity contribution in [3.8, 4) is 0 Å². The molecule has 0 bridgehead atoms. The Bertz CT molecular complexity index is 622. The summed E-state index contributed by atoms with van der Waals surface area (Å²) in [4.78, 5) is 21.7. The summed E-state index contributed by atoms with van der Waals surface area (Å²) < 4.78 is 6.32. The smallest absolute Gasteiger partial charge is 0.236 e. The van der Waals surface area contributed by atoms with Crippen LogP contribution in [0.2, 0.25) is 13.1 Å². The van der Waals surface area contributed by atoms with E-state index < -0.39 is 9.04 Å². The zero-order valence-corrected chi connectivity index (χ0v) is 20.5. The van der Waals surface area contributed by atoms with Gasteiger partial charge in [0, 0.05) is 37.2 Å². The van der Waals surface area contributed by atoms with Crippen molar-refractivity contribution in [2.45, 2.75) is 63.4 Å². The number of thioether (sulfide) groups is 1. The van der Waals surface area contributed by atoms with Crippen molar-refractivity contribution in [1.29, 1.82) is 0 Å². The van der Waals surface area contributed by atoms with Crippen molar-refractivity contribution in [2.24, 2.45) is 5.41 Å². The molecule has 1 aliphatic rings. The van der Waals surface area contributed by atoms with Crippen LogP contribution in [0.15, 0.2) is 24.5 Å². The fraction of sp³-hybridized carbons (Fsp3) is 0.714. The van der Waals surface area contributed by atoms with E-state index in [0.717, 1.165) is 31.5 Å². The van der Waals surface area contributed by atoms with Crippen LogP contribution in [0.5, 0.6) is 0 Å². The summed E-state index contributed by atoms with van der Waals surface area (Å²) in [5.74, 6) is 0.259. The Kier molecular flexibility index (Phi) is 8.54. The van der Waals surface area contributed by atoms with Crippen LogP contribution < -0.4 is 0 Å². The Morgan fingerprint density at radius 3 is 2.61 bits per heavy atom. The third-order valence-corrected chi connectivity index (χ3v) is 7.41. The topological polar surface area (TPSA) is 45.7 Å². The van der Waals surface area contributed by atoms with Gasteiger partial charge in [0.1, 0.15) is 5.37 Å². The first-order valence-corrected chi connectivity index (χ1v) is 14.0. The first-order valence-electron chi connectivity index (χ1n) is 10.3. The van der Waals surface area contributed by atoms with Crippen LogP contribution in [0, 0.1) is 5.41 Å². The molecular formula is C21H37N3O2SSi. The van der Waals surface area contributed by atoms with Crippen molar-refractivity contribution in [1.82, 2.24) is 14.8 Å². The van der Waals surface area contributed by atoms with E-state index in [2.05, 4.69) is 49.8 Å². The molecule has 28 heavy (non-hydrogen) atoms. The molecule has 0 spiro atoms. The van der Waals surface area contributed by atoms with Gasteiger partial charge in [-0.3, -0.25) is 9.78 Å². The maximum atomic E-state index is 13.2. The maximum Gasteiger partial charge on any atom is 0.236 e. The number of carbonyl (C=O) groups excluding carboxylic acids is 1. The number of carbonyl (C=O) groups is 1. The Hall–Kier alpha value is -0.893. The summed E-state index contributed by atoms with van der Waals surface area (Å²) in [7, 11) is 2.97. The van der Waals surface area contributed by atoms with Crippen LogP contribution >= 0.6 is 11.8 Å². The molecule has 1 aromatic rings. The molecule has 1 saturated heterocycles. The third kappa shape index (κ3) is 6.58. The molecule has 3 unspecified atom stereocenters. The van der Waals surface area contributed by atoms with Crippen LogP contribution in [-0.4, -0.2) is 68.3 Å². The molecule has 0 radical (unpaired) electrons. The minimum Gasteiger partial charge on any atom is -0.417 e. The molecule has 7 heteroatoms. The Morgan fingerprint density at radius 2 is 2.07 bits per heavy atom. The van der Waals surface area contributed by atoms with Gasteiger partial charge in [-0.1, -0.05) is 26.8 Å². The molecule has 0 aromatic carbocycles. The fourth-order valence-corrected chi connectivity index (χ4v) is 6.12. The standard InChI is InChI=1S/C21H37N3O2SSi/c1-21(2,3)18(26-28(6)7)11-10-17-19(25)24(14-13-23(4)5)20(27-17)16-9-8-12-22-15-16/h8-9,12,15,17-18,20,28H,10-11,13-14H2,1-7H3. The number of pyridine rings is 1. The van der Waals surface area contributed by atoms with Gasteiger partial charge in [-0.15, -0.1) is 11.8 Å². The lowest BCUT2D eigenvalue weighted by molar-refractivity contribution is -0.130. The molecule has 1 fully saturated rings. The van der Waals surface area contributed by atoms with Gasteiger partial charge in [-0.2, -0.15) is 0 Å². The molecule has 3 atom stereocenters. The Balaban J connectivity index is 2.11. The fourth-order valence-electron chi connectivity index (χ4n) is 3.43. The maximum absolute atomic E-state index is 13.2. The van der Waals surface area contributed by atoms with Gasteiger partial charge < -0.3 is 14.2 Å². The Labute approximate surface area is 177 Å². The highest BCUT2D eigenvalue weighted by atomic mass is 32.2. The number of hydrogen-bond acceptors (Lipinski definition) is 5. The van der Waals surface area contributed by atoms with Gasteiger partial charge >= 0.3 is 0 Å². The van der Waals surface area contributed by atoms with Crippen LogP contribution in [0.1, 0.15) is 44.6 Å². The van der Waals surface area contributed by atoms with Gasteiger partial charge in [0.25, 0.3) is 0 Å². The molecule has 158 valence electrons. The van der Waals surface area contributed by atoms with Crippen LogP contribution in [0.25, 0.3) is 0 Å². The summed E-state index contributed by atoms with van der Waals surface area (Å²) in [5.41, 5.74) is 1.21. The lowest BCUT2D eigenvalue weighted by Crippen LogP contribution is -2.37. The first kappa shape index (κ1) is 23.4. The second-order valence-corrected chi connectivity index (χ2v) is 12.9. The molecule has 0 saturated carbocycles. The molecule has 1 amide bonds. The van der Waals surface area contributed by atoms with E-state index in [4.69, 9.17) is 4.43 Å². The number of amides is 1. The van der Waals surface area contributed by atoms with Gasteiger partial charge in [-0.05, 0) is 51.5 Å². The van der Waals surface area contributed by atoms with Gasteiger partial charge in [0.05, 0.1) is 5.25 Å². The largest absolute Gasteiger partial charge is 0.417 e. The second-order valence-electron chi connectivity index (χ2n) is 9.22. The number of hydrogen-bond donors (Lipinski definition) is 0. The quantitative estimate of drug-likeness (QED) is 0.566. The predicted octanol–water partition coefficient (Wildman–Crippen LogP) is 3.78. The molecule has 5 nitrogen and oxygen atoms in total. The van der Waals surface area contributed by atoms with Crippen molar-refractivity contribution in [3.05, 3.63) is 30.1 Å². The van der Waals surface area contributed by atoms with Crippen molar-refractivity contribution >= 4 is 26.7 Å². The van der Waals surface area contributed by atoms with E-state index in [-0.39, 0.29) is 28.0 Å². The van der Waals surface area contributed by atoms with E-state index in [1.54, 1.807) is 18.0 Å². The van der Waals surface area contributed by atoms with Gasteiger partial charge in [0.15, 0.2) is 9.04 Å². The minimum atomic E-state index is -1.12. The second kappa shape index (κ2) is 10.2. The van der Waals surface area contributed by atoms with Crippen LogP contribution in [-0.2, 0) is 9.22 Å². The lowest BCUT2D eigenvalue weighted by atomic mass is 9.86. The first-order chi connectivity index (χ1) is 13.1. The monoisotopic (exact) mass is 423 g/mol. The minimum absolute atomic E-state index is 0.00496. The van der Waals surface area contributed by atoms with Crippen molar-refractivity contribution in [2.75, 3.05) is 27.2 Å². The number of likely N-dealkylation sites (N-methyl/N-ethyl adjacent to an activating group) is 1. The van der Waals surface area contributed by atoms with Crippen LogP contribution in [0.4, 0.5) is 0 Å². The zero-order chi connectivity index (χ0) is 20.9. The highest BCUT2D eigenvalue weighted by Gasteiger charge is 2.41. The SMILES string of the molecule is CN(C)CCN1C(=O)C(CCC(O[SiH](C)C)C(C)(C)C)SC1c1cccnc1. The van der Waals surface area contributed by atoms with Crippen molar-refractivity contribution < 1.29 is 9.22 Å². The average Bonchev–Trinajstić information content (AvgIpc) is 2.92. The van der Waals surface area contributed by atoms with E-state index in [1.165, 1.54) is 0 Å². The molecule has 1 aliphatic heterocycles. The number of aromatic nitrogens is 1. The van der Waals surface area contributed by atoms with E-state index >= 15 is 0 Å². The molecule has 0 N–H and O–H groups in total. The normalized spacial score (nSPS) is 21.8. The average molecular weight is 424 g/mol. The van der Waals surface area contributed by atoms with Gasteiger partial charge in [-0.25, -0.2) is 0 Å². The lowest BCUT2D eigenvalue weighted by Gasteiger charge is -2.33. The third-order valence-electron chi connectivity index (χ3n) is 4.99. The summed E-state index contributed by atoms with van der Waals surface area (Å²) in [5, 5.41) is 0.0503. The summed E-state index contributed by atoms with van der Waals surface area (Å²) in [6, 6.07) is 4.03. The van der Waals surface area contributed by atoms with E-state index in [0.29, 0.717) is 0 Å². The zero-order valence-electron chi connectivity index (χ0n) is 18.5. The Morgan fingerprint density at radius 1 is 1.36 bits per heavy atom.